The summed E-state index contributed by atoms with van der Waals surface area (Å²) < 4.78 is 7.03. The molecule has 3 N–H and O–H groups in total. The number of aromatic nitrogens is 2. The van der Waals surface area contributed by atoms with E-state index in [1.54, 1.807) is 12.5 Å². The van der Waals surface area contributed by atoms with E-state index in [1.807, 2.05) is 25.3 Å². The number of amides is 1. The van der Waals surface area contributed by atoms with Gasteiger partial charge in [0, 0.05) is 19.3 Å². The van der Waals surface area contributed by atoms with E-state index in [9.17, 15) is 4.79 Å². The molecule has 6 heteroatoms. The molecule has 0 atom stereocenters. The molecule has 1 aromatic heterocycles. The Morgan fingerprint density at radius 3 is 2.88 bits per heavy atom. The number of ether oxygens (including phenoxy) is 1. The molecule has 0 aliphatic rings. The monoisotopic (exact) mass is 240 g/mol. The highest BCUT2D eigenvalue weighted by Crippen LogP contribution is 2.07. The molecule has 96 valence electrons. The fraction of sp³-hybridized carbons (Fsp3) is 0.636. The summed E-state index contributed by atoms with van der Waals surface area (Å²) in [4.78, 5) is 15.4. The van der Waals surface area contributed by atoms with Gasteiger partial charge in [-0.1, -0.05) is 0 Å². The number of nitrogens with zero attached hydrogens (tertiary/aromatic N) is 2. The van der Waals surface area contributed by atoms with Crippen molar-refractivity contribution in [3.8, 4) is 0 Å². The first-order valence-corrected chi connectivity index (χ1v) is 5.58. The number of nitrogens with one attached hydrogen (secondary N) is 1. The molecule has 0 bridgehead atoms. The fourth-order valence-electron chi connectivity index (χ4n) is 1.31. The van der Waals surface area contributed by atoms with Crippen LogP contribution in [0.3, 0.4) is 0 Å². The summed E-state index contributed by atoms with van der Waals surface area (Å²) >= 11 is 0. The van der Waals surface area contributed by atoms with Crippen LogP contribution in [0.2, 0.25) is 0 Å². The SMILES string of the molecule is CC(C)(C)OC(=O)NCc1cncn1CCN. The lowest BCUT2D eigenvalue weighted by molar-refractivity contribution is 0.0522. The first-order chi connectivity index (χ1) is 7.92. The number of alkyl carbamates (subject to hydrolysis) is 1. The van der Waals surface area contributed by atoms with Crippen molar-refractivity contribution in [1.82, 2.24) is 14.9 Å². The molecule has 6 nitrogen and oxygen atoms in total. The Hall–Kier alpha value is -1.56. The summed E-state index contributed by atoms with van der Waals surface area (Å²) in [6.07, 6.45) is 2.96. The number of carbonyl (C=O) groups is 1. The number of rotatable bonds is 4. The maximum absolute atomic E-state index is 11.4. The first-order valence-electron chi connectivity index (χ1n) is 5.58. The van der Waals surface area contributed by atoms with Gasteiger partial charge in [-0.3, -0.25) is 0 Å². The van der Waals surface area contributed by atoms with Gasteiger partial charge in [-0.2, -0.15) is 0 Å². The van der Waals surface area contributed by atoms with E-state index in [0.717, 1.165) is 5.69 Å². The topological polar surface area (TPSA) is 82.2 Å². The van der Waals surface area contributed by atoms with Crippen LogP contribution < -0.4 is 11.1 Å². The highest BCUT2D eigenvalue weighted by Gasteiger charge is 2.16. The third kappa shape index (κ3) is 4.86. The zero-order chi connectivity index (χ0) is 12.9. The molecule has 1 aromatic rings. The van der Waals surface area contributed by atoms with Gasteiger partial charge in [0.25, 0.3) is 0 Å². The van der Waals surface area contributed by atoms with Crippen molar-refractivity contribution in [3.05, 3.63) is 18.2 Å². The smallest absolute Gasteiger partial charge is 0.407 e. The first kappa shape index (κ1) is 13.5. The van der Waals surface area contributed by atoms with Crippen LogP contribution in [0.25, 0.3) is 0 Å². The minimum absolute atomic E-state index is 0.384. The second kappa shape index (κ2) is 5.67. The minimum atomic E-state index is -0.485. The third-order valence-corrected chi connectivity index (χ3v) is 1.98. The summed E-state index contributed by atoms with van der Waals surface area (Å²) in [7, 11) is 0. The summed E-state index contributed by atoms with van der Waals surface area (Å²) in [5.41, 5.74) is 5.89. The maximum atomic E-state index is 11.4. The van der Waals surface area contributed by atoms with Gasteiger partial charge in [0.1, 0.15) is 5.60 Å². The van der Waals surface area contributed by atoms with Crippen molar-refractivity contribution in [2.45, 2.75) is 39.5 Å². The highest BCUT2D eigenvalue weighted by atomic mass is 16.6. The van der Waals surface area contributed by atoms with Crippen molar-refractivity contribution in [2.24, 2.45) is 5.73 Å². The Bertz CT molecular complexity index is 368. The van der Waals surface area contributed by atoms with E-state index in [4.69, 9.17) is 10.5 Å². The summed E-state index contributed by atoms with van der Waals surface area (Å²) in [5.74, 6) is 0. The average molecular weight is 240 g/mol. The van der Waals surface area contributed by atoms with E-state index in [1.165, 1.54) is 0 Å². The van der Waals surface area contributed by atoms with Gasteiger partial charge in [0.15, 0.2) is 0 Å². The van der Waals surface area contributed by atoms with Crippen molar-refractivity contribution in [3.63, 3.8) is 0 Å². The molecule has 0 aliphatic carbocycles. The van der Waals surface area contributed by atoms with Crippen molar-refractivity contribution < 1.29 is 9.53 Å². The Labute approximate surface area is 101 Å². The van der Waals surface area contributed by atoms with Crippen LogP contribution in [0.5, 0.6) is 0 Å². The number of carbonyl (C=O) groups excluding carboxylic acids is 1. The second-order valence-corrected chi connectivity index (χ2v) is 4.72. The van der Waals surface area contributed by atoms with Crippen molar-refractivity contribution >= 4 is 6.09 Å². The molecule has 0 aliphatic heterocycles. The predicted octanol–water partition coefficient (Wildman–Crippen LogP) is 0.867. The van der Waals surface area contributed by atoms with Crippen LogP contribution in [0.15, 0.2) is 12.5 Å². The summed E-state index contributed by atoms with van der Waals surface area (Å²) in [6, 6.07) is 0. The van der Waals surface area contributed by atoms with Gasteiger partial charge in [-0.15, -0.1) is 0 Å². The summed E-state index contributed by atoms with van der Waals surface area (Å²) in [6.45, 7) is 7.08. The maximum Gasteiger partial charge on any atom is 0.407 e. The van der Waals surface area contributed by atoms with Gasteiger partial charge in [-0.05, 0) is 20.8 Å². The zero-order valence-electron chi connectivity index (χ0n) is 10.6. The molecular weight excluding hydrogens is 220 g/mol. The molecule has 0 radical (unpaired) electrons. The quantitative estimate of drug-likeness (QED) is 0.818. The van der Waals surface area contributed by atoms with Crippen molar-refractivity contribution in [1.29, 1.82) is 0 Å². The van der Waals surface area contributed by atoms with E-state index >= 15 is 0 Å². The van der Waals surface area contributed by atoms with Crippen molar-refractivity contribution in [2.75, 3.05) is 6.54 Å². The van der Waals surface area contributed by atoms with Crippen LogP contribution in [0, 0.1) is 0 Å². The molecule has 1 amide bonds. The molecular formula is C11H20N4O2. The third-order valence-electron chi connectivity index (χ3n) is 1.98. The average Bonchev–Trinajstić information content (AvgIpc) is 2.60. The normalized spacial score (nSPS) is 11.3. The van der Waals surface area contributed by atoms with Gasteiger partial charge >= 0.3 is 6.09 Å². The van der Waals surface area contributed by atoms with Gasteiger partial charge in [0.2, 0.25) is 0 Å². The number of hydrogen-bond donors (Lipinski definition) is 2. The number of hydrogen-bond acceptors (Lipinski definition) is 4. The Kier molecular flexibility index (Phi) is 4.51. The number of nitrogens with two attached hydrogens (primary N) is 1. The summed E-state index contributed by atoms with van der Waals surface area (Å²) in [5, 5.41) is 2.68. The van der Waals surface area contributed by atoms with Gasteiger partial charge in [-0.25, -0.2) is 9.78 Å². The molecule has 0 fully saturated rings. The fourth-order valence-corrected chi connectivity index (χ4v) is 1.31. The molecule has 0 saturated carbocycles. The van der Waals surface area contributed by atoms with Gasteiger partial charge < -0.3 is 20.4 Å². The van der Waals surface area contributed by atoms with Crippen LogP contribution in [0.4, 0.5) is 4.79 Å². The molecule has 17 heavy (non-hydrogen) atoms. The lowest BCUT2D eigenvalue weighted by atomic mass is 10.2. The van der Waals surface area contributed by atoms with Crippen LogP contribution in [0.1, 0.15) is 26.5 Å². The molecule has 0 unspecified atom stereocenters. The Morgan fingerprint density at radius 1 is 1.59 bits per heavy atom. The standard InChI is InChI=1S/C11H20N4O2/c1-11(2,3)17-10(16)14-7-9-6-13-8-15(9)5-4-12/h6,8H,4-5,7,12H2,1-3H3,(H,14,16). The minimum Gasteiger partial charge on any atom is -0.444 e. The van der Waals surface area contributed by atoms with E-state index in [2.05, 4.69) is 10.3 Å². The lowest BCUT2D eigenvalue weighted by Crippen LogP contribution is -2.32. The highest BCUT2D eigenvalue weighted by molar-refractivity contribution is 5.67. The zero-order valence-corrected chi connectivity index (χ0v) is 10.6. The molecule has 0 spiro atoms. The molecule has 1 rings (SSSR count). The number of imidazole rings is 1. The Morgan fingerprint density at radius 2 is 2.29 bits per heavy atom. The molecule has 0 aromatic carbocycles. The predicted molar refractivity (Wildman–Crippen MR) is 64.4 cm³/mol. The molecule has 1 heterocycles. The van der Waals surface area contributed by atoms with E-state index in [-0.39, 0.29) is 0 Å². The largest absolute Gasteiger partial charge is 0.444 e. The van der Waals surface area contributed by atoms with Crippen LogP contribution in [-0.4, -0.2) is 27.8 Å². The van der Waals surface area contributed by atoms with E-state index in [0.29, 0.717) is 19.6 Å². The van der Waals surface area contributed by atoms with Crippen LogP contribution >= 0.6 is 0 Å². The lowest BCUT2D eigenvalue weighted by Gasteiger charge is -2.19. The molecule has 0 saturated heterocycles. The van der Waals surface area contributed by atoms with Gasteiger partial charge in [0.05, 0.1) is 18.6 Å². The second-order valence-electron chi connectivity index (χ2n) is 4.72. The Balaban J connectivity index is 2.44. The van der Waals surface area contributed by atoms with E-state index < -0.39 is 11.7 Å². The van der Waals surface area contributed by atoms with Crippen LogP contribution in [-0.2, 0) is 17.8 Å².